The smallest absolute Gasteiger partial charge is 0.261 e. The van der Waals surface area contributed by atoms with E-state index < -0.39 is 6.04 Å². The molecule has 150 valence electrons. The van der Waals surface area contributed by atoms with Crippen molar-refractivity contribution in [1.82, 2.24) is 10.2 Å². The second kappa shape index (κ2) is 10.5. The van der Waals surface area contributed by atoms with E-state index in [1.165, 1.54) is 0 Å². The Morgan fingerprint density at radius 2 is 1.79 bits per heavy atom. The molecule has 2 rings (SSSR count). The number of hydrogen-bond donors (Lipinski definition) is 1. The van der Waals surface area contributed by atoms with E-state index in [0.717, 1.165) is 17.5 Å². The summed E-state index contributed by atoms with van der Waals surface area (Å²) in [5, 5.41) is 2.96. The van der Waals surface area contributed by atoms with Crippen molar-refractivity contribution in [2.75, 3.05) is 6.61 Å². The summed E-state index contributed by atoms with van der Waals surface area (Å²) in [7, 11) is 0. The van der Waals surface area contributed by atoms with E-state index in [0.29, 0.717) is 12.3 Å². The molecule has 0 aromatic heterocycles. The monoisotopic (exact) mass is 382 g/mol. The number of nitrogens with one attached hydrogen (secondary N) is 1. The molecule has 0 radical (unpaired) electrons. The maximum absolute atomic E-state index is 12.9. The number of benzene rings is 2. The van der Waals surface area contributed by atoms with Crippen molar-refractivity contribution in [3.05, 3.63) is 65.7 Å². The van der Waals surface area contributed by atoms with Crippen LogP contribution in [0.3, 0.4) is 0 Å². The van der Waals surface area contributed by atoms with Gasteiger partial charge in [-0.3, -0.25) is 9.59 Å². The molecule has 0 bridgehead atoms. The minimum atomic E-state index is -0.596. The largest absolute Gasteiger partial charge is 0.484 e. The SMILES string of the molecule is CC[C@@H](C)NC(=O)[C@@H](C)N(Cc1cccc(C)c1)C(=O)COc1ccccc1. The van der Waals surface area contributed by atoms with Gasteiger partial charge in [-0.15, -0.1) is 0 Å². The van der Waals surface area contributed by atoms with E-state index in [4.69, 9.17) is 4.74 Å². The minimum absolute atomic E-state index is 0.0615. The van der Waals surface area contributed by atoms with E-state index in [1.807, 2.05) is 63.2 Å². The van der Waals surface area contributed by atoms with Crippen LogP contribution in [0, 0.1) is 6.92 Å². The van der Waals surface area contributed by atoms with Crippen LogP contribution in [0.4, 0.5) is 0 Å². The van der Waals surface area contributed by atoms with Gasteiger partial charge in [-0.05, 0) is 44.9 Å². The third-order valence-corrected chi connectivity index (χ3v) is 4.71. The first kappa shape index (κ1) is 21.5. The van der Waals surface area contributed by atoms with Crippen LogP contribution in [0.25, 0.3) is 0 Å². The molecule has 2 aromatic rings. The molecule has 0 fully saturated rings. The maximum Gasteiger partial charge on any atom is 0.261 e. The Labute approximate surface area is 167 Å². The lowest BCUT2D eigenvalue weighted by atomic mass is 10.1. The zero-order valence-electron chi connectivity index (χ0n) is 17.1. The van der Waals surface area contributed by atoms with Crippen molar-refractivity contribution in [3.8, 4) is 5.75 Å². The molecule has 5 nitrogen and oxygen atoms in total. The number of amides is 2. The standard InChI is InChI=1S/C23H30N2O3/c1-5-18(3)24-23(27)19(4)25(15-20-11-9-10-17(2)14-20)22(26)16-28-21-12-7-6-8-13-21/h6-14,18-19H,5,15-16H2,1-4H3,(H,24,27)/t18-,19-/m1/s1. The zero-order valence-corrected chi connectivity index (χ0v) is 17.1. The minimum Gasteiger partial charge on any atom is -0.484 e. The first-order valence-corrected chi connectivity index (χ1v) is 9.74. The van der Waals surface area contributed by atoms with Crippen LogP contribution in [0.2, 0.25) is 0 Å². The first-order valence-electron chi connectivity index (χ1n) is 9.74. The Balaban J connectivity index is 2.14. The number of nitrogens with zero attached hydrogens (tertiary/aromatic N) is 1. The van der Waals surface area contributed by atoms with Gasteiger partial charge in [0, 0.05) is 12.6 Å². The van der Waals surface area contributed by atoms with E-state index in [-0.39, 0.29) is 24.5 Å². The van der Waals surface area contributed by atoms with Crippen LogP contribution in [0.1, 0.15) is 38.3 Å². The van der Waals surface area contributed by atoms with Gasteiger partial charge in [-0.25, -0.2) is 0 Å². The van der Waals surface area contributed by atoms with Crippen LogP contribution >= 0.6 is 0 Å². The summed E-state index contributed by atoms with van der Waals surface area (Å²) in [5.41, 5.74) is 2.10. The highest BCUT2D eigenvalue weighted by Gasteiger charge is 2.27. The van der Waals surface area contributed by atoms with Crippen LogP contribution in [0.5, 0.6) is 5.75 Å². The number of aryl methyl sites for hydroxylation is 1. The topological polar surface area (TPSA) is 58.6 Å². The lowest BCUT2D eigenvalue weighted by molar-refractivity contribution is -0.142. The Morgan fingerprint density at radius 3 is 2.43 bits per heavy atom. The highest BCUT2D eigenvalue weighted by atomic mass is 16.5. The number of rotatable bonds is 9. The van der Waals surface area contributed by atoms with Crippen molar-refractivity contribution < 1.29 is 14.3 Å². The molecule has 0 aliphatic rings. The summed E-state index contributed by atoms with van der Waals surface area (Å²) in [6, 6.07) is 16.6. The van der Waals surface area contributed by atoms with Crippen LogP contribution in [0.15, 0.2) is 54.6 Å². The van der Waals surface area contributed by atoms with Gasteiger partial charge in [-0.2, -0.15) is 0 Å². The fourth-order valence-electron chi connectivity index (χ4n) is 2.80. The first-order chi connectivity index (χ1) is 13.4. The lowest BCUT2D eigenvalue weighted by Gasteiger charge is -2.29. The van der Waals surface area contributed by atoms with Crippen molar-refractivity contribution in [2.24, 2.45) is 0 Å². The molecule has 5 heteroatoms. The van der Waals surface area contributed by atoms with Gasteiger partial charge >= 0.3 is 0 Å². The second-order valence-corrected chi connectivity index (χ2v) is 7.11. The highest BCUT2D eigenvalue weighted by molar-refractivity contribution is 5.88. The quantitative estimate of drug-likeness (QED) is 0.719. The molecule has 0 aliphatic carbocycles. The maximum atomic E-state index is 12.9. The van der Waals surface area contributed by atoms with Gasteiger partial charge in [0.25, 0.3) is 5.91 Å². The highest BCUT2D eigenvalue weighted by Crippen LogP contribution is 2.13. The van der Waals surface area contributed by atoms with E-state index in [1.54, 1.807) is 24.0 Å². The third kappa shape index (κ3) is 6.41. The average molecular weight is 383 g/mol. The van der Waals surface area contributed by atoms with E-state index in [2.05, 4.69) is 5.32 Å². The molecule has 2 atom stereocenters. The summed E-state index contributed by atoms with van der Waals surface area (Å²) in [6.45, 7) is 7.97. The fraction of sp³-hybridized carbons (Fsp3) is 0.391. The Morgan fingerprint density at radius 1 is 1.07 bits per heavy atom. The molecule has 28 heavy (non-hydrogen) atoms. The van der Waals surface area contributed by atoms with Gasteiger partial charge in [-0.1, -0.05) is 55.0 Å². The molecule has 2 amide bonds. The Hall–Kier alpha value is -2.82. The number of carbonyl (C=O) groups is 2. The summed E-state index contributed by atoms with van der Waals surface area (Å²) >= 11 is 0. The van der Waals surface area contributed by atoms with Crippen molar-refractivity contribution in [2.45, 2.75) is 52.7 Å². The van der Waals surface area contributed by atoms with E-state index in [9.17, 15) is 9.59 Å². The van der Waals surface area contributed by atoms with Crippen LogP contribution in [-0.2, 0) is 16.1 Å². The number of carbonyl (C=O) groups excluding carboxylic acids is 2. The number of ether oxygens (including phenoxy) is 1. The van der Waals surface area contributed by atoms with Gasteiger partial charge in [0.1, 0.15) is 11.8 Å². The van der Waals surface area contributed by atoms with Gasteiger partial charge in [0.15, 0.2) is 6.61 Å². The summed E-state index contributed by atoms with van der Waals surface area (Å²) in [6.07, 6.45) is 0.835. The predicted octanol–water partition coefficient (Wildman–Crippen LogP) is 3.71. The molecular weight excluding hydrogens is 352 g/mol. The lowest BCUT2D eigenvalue weighted by Crippen LogP contribution is -2.50. The zero-order chi connectivity index (χ0) is 20.5. The van der Waals surface area contributed by atoms with Crippen molar-refractivity contribution in [1.29, 1.82) is 0 Å². The van der Waals surface area contributed by atoms with Crippen LogP contribution < -0.4 is 10.1 Å². The molecule has 1 N–H and O–H groups in total. The van der Waals surface area contributed by atoms with Gasteiger partial charge in [0.05, 0.1) is 0 Å². The van der Waals surface area contributed by atoms with Gasteiger partial charge in [0.2, 0.25) is 5.91 Å². The molecular formula is C23H30N2O3. The fourth-order valence-corrected chi connectivity index (χ4v) is 2.80. The molecule has 0 saturated carbocycles. The number of para-hydroxylation sites is 1. The van der Waals surface area contributed by atoms with Crippen LogP contribution in [-0.4, -0.2) is 35.4 Å². The average Bonchev–Trinajstić information content (AvgIpc) is 2.70. The molecule has 2 aromatic carbocycles. The summed E-state index contributed by atoms with van der Waals surface area (Å²) in [5.74, 6) is 0.246. The molecule has 0 unspecified atom stereocenters. The molecule has 0 spiro atoms. The molecule has 0 aliphatic heterocycles. The van der Waals surface area contributed by atoms with Crippen molar-refractivity contribution >= 4 is 11.8 Å². The van der Waals surface area contributed by atoms with E-state index >= 15 is 0 Å². The third-order valence-electron chi connectivity index (χ3n) is 4.71. The summed E-state index contributed by atoms with van der Waals surface area (Å²) in [4.78, 5) is 27.2. The van der Waals surface area contributed by atoms with Gasteiger partial charge < -0.3 is 15.0 Å². The Kier molecular flexibility index (Phi) is 8.05. The van der Waals surface area contributed by atoms with Crippen molar-refractivity contribution in [3.63, 3.8) is 0 Å². The normalized spacial score (nSPS) is 12.7. The predicted molar refractivity (Wildman–Crippen MR) is 111 cm³/mol. The molecule has 0 heterocycles. The molecule has 0 saturated heterocycles. The second-order valence-electron chi connectivity index (χ2n) is 7.11. The number of hydrogen-bond acceptors (Lipinski definition) is 3. The Bertz CT molecular complexity index is 776. The summed E-state index contributed by atoms with van der Waals surface area (Å²) < 4.78 is 5.62.